The number of hydrogen-bond donors (Lipinski definition) is 2. The highest BCUT2D eigenvalue weighted by atomic mass is 16.5. The Bertz CT molecular complexity index is 739. The highest BCUT2D eigenvalue weighted by Crippen LogP contribution is 2.15. The van der Waals surface area contributed by atoms with E-state index in [2.05, 4.69) is 20.3 Å². The average molecular weight is 328 g/mol. The molecule has 7 nitrogen and oxygen atoms in total. The molecule has 1 aliphatic heterocycles. The fourth-order valence-corrected chi connectivity index (χ4v) is 2.68. The summed E-state index contributed by atoms with van der Waals surface area (Å²) in [6.07, 6.45) is 6.69. The van der Waals surface area contributed by atoms with E-state index in [9.17, 15) is 9.59 Å². The van der Waals surface area contributed by atoms with Gasteiger partial charge < -0.3 is 15.0 Å². The van der Waals surface area contributed by atoms with E-state index >= 15 is 0 Å². The number of rotatable bonds is 5. The molecule has 1 unspecified atom stereocenters. The van der Waals surface area contributed by atoms with Crippen molar-refractivity contribution in [3.8, 4) is 11.4 Å². The Hall–Kier alpha value is -2.54. The lowest BCUT2D eigenvalue weighted by Gasteiger charge is -2.21. The molecule has 0 aliphatic carbocycles. The largest absolute Gasteiger partial charge is 0.378 e. The van der Waals surface area contributed by atoms with Crippen LogP contribution in [-0.4, -0.2) is 33.6 Å². The number of aromatic nitrogens is 3. The number of carbonyl (C=O) groups is 1. The lowest BCUT2D eigenvalue weighted by molar-refractivity contribution is -0.125. The van der Waals surface area contributed by atoms with Crippen LogP contribution in [-0.2, 0) is 16.1 Å². The molecule has 1 atom stereocenters. The Morgan fingerprint density at radius 3 is 2.92 bits per heavy atom. The van der Waals surface area contributed by atoms with Crippen LogP contribution in [0, 0.1) is 0 Å². The first kappa shape index (κ1) is 16.3. The van der Waals surface area contributed by atoms with Gasteiger partial charge in [-0.1, -0.05) is 0 Å². The summed E-state index contributed by atoms with van der Waals surface area (Å²) in [7, 11) is 0. The summed E-state index contributed by atoms with van der Waals surface area (Å²) < 4.78 is 5.56. The molecular formula is C17H20N4O3. The second kappa shape index (κ2) is 7.83. The van der Waals surface area contributed by atoms with Crippen molar-refractivity contribution in [2.45, 2.75) is 38.3 Å². The maximum atomic E-state index is 12.0. The minimum absolute atomic E-state index is 0.00161. The molecule has 1 saturated heterocycles. The first-order chi connectivity index (χ1) is 11.7. The molecule has 0 radical (unpaired) electrons. The van der Waals surface area contributed by atoms with E-state index in [0.717, 1.165) is 31.4 Å². The summed E-state index contributed by atoms with van der Waals surface area (Å²) >= 11 is 0. The van der Waals surface area contributed by atoms with Crippen LogP contribution in [0.5, 0.6) is 0 Å². The van der Waals surface area contributed by atoms with Gasteiger partial charge in [-0.05, 0) is 31.4 Å². The molecule has 0 spiro atoms. The number of nitrogens with zero attached hydrogens (tertiary/aromatic N) is 2. The van der Waals surface area contributed by atoms with Gasteiger partial charge in [-0.2, -0.15) is 0 Å². The smallest absolute Gasteiger partial charge is 0.251 e. The standard InChI is InChI=1S/C17H20N4O3/c22-15(10-14-3-1-2-8-24-14)19-11-13-9-16(23)21-17(20-13)12-4-6-18-7-5-12/h4-7,9,14H,1-3,8,10-11H2,(H,19,22)(H,20,21,23). The molecule has 24 heavy (non-hydrogen) atoms. The van der Waals surface area contributed by atoms with E-state index in [1.54, 1.807) is 24.5 Å². The molecule has 1 fully saturated rings. The van der Waals surface area contributed by atoms with Gasteiger partial charge in [0.15, 0.2) is 0 Å². The lowest BCUT2D eigenvalue weighted by Crippen LogP contribution is -2.30. The first-order valence-electron chi connectivity index (χ1n) is 8.09. The lowest BCUT2D eigenvalue weighted by atomic mass is 10.1. The SMILES string of the molecule is O=C(CC1CCCCO1)NCc1cc(=O)[nH]c(-c2ccncc2)n1. The van der Waals surface area contributed by atoms with Gasteiger partial charge in [0.1, 0.15) is 5.82 Å². The maximum Gasteiger partial charge on any atom is 0.251 e. The topological polar surface area (TPSA) is 97.0 Å². The van der Waals surface area contributed by atoms with Crippen LogP contribution in [0.15, 0.2) is 35.4 Å². The van der Waals surface area contributed by atoms with Crippen molar-refractivity contribution in [2.24, 2.45) is 0 Å². The zero-order valence-electron chi connectivity index (χ0n) is 13.3. The fraction of sp³-hybridized carbons (Fsp3) is 0.412. The number of aromatic amines is 1. The molecule has 1 amide bonds. The minimum Gasteiger partial charge on any atom is -0.378 e. The van der Waals surface area contributed by atoms with Crippen molar-refractivity contribution in [1.82, 2.24) is 20.3 Å². The maximum absolute atomic E-state index is 12.0. The third-order valence-electron chi connectivity index (χ3n) is 3.90. The van der Waals surface area contributed by atoms with E-state index < -0.39 is 0 Å². The van der Waals surface area contributed by atoms with Gasteiger partial charge >= 0.3 is 0 Å². The third kappa shape index (κ3) is 4.48. The Kier molecular flexibility index (Phi) is 5.32. The van der Waals surface area contributed by atoms with Gasteiger partial charge in [0.05, 0.1) is 24.8 Å². The van der Waals surface area contributed by atoms with Crippen molar-refractivity contribution in [3.63, 3.8) is 0 Å². The molecule has 1 aliphatic rings. The van der Waals surface area contributed by atoms with Crippen LogP contribution in [0.1, 0.15) is 31.4 Å². The van der Waals surface area contributed by atoms with Crippen LogP contribution in [0.3, 0.4) is 0 Å². The van der Waals surface area contributed by atoms with Crippen LogP contribution >= 0.6 is 0 Å². The van der Waals surface area contributed by atoms with Crippen LogP contribution in [0.25, 0.3) is 11.4 Å². The Morgan fingerprint density at radius 2 is 2.17 bits per heavy atom. The van der Waals surface area contributed by atoms with Gasteiger partial charge in [-0.3, -0.25) is 14.6 Å². The van der Waals surface area contributed by atoms with Crippen molar-refractivity contribution in [3.05, 3.63) is 46.6 Å². The van der Waals surface area contributed by atoms with Gasteiger partial charge in [-0.25, -0.2) is 4.98 Å². The predicted molar refractivity (Wildman–Crippen MR) is 88.1 cm³/mol. The van der Waals surface area contributed by atoms with Crippen molar-refractivity contribution >= 4 is 5.91 Å². The highest BCUT2D eigenvalue weighted by Gasteiger charge is 2.17. The van der Waals surface area contributed by atoms with E-state index in [1.807, 2.05) is 0 Å². The van der Waals surface area contributed by atoms with Crippen molar-refractivity contribution < 1.29 is 9.53 Å². The zero-order valence-corrected chi connectivity index (χ0v) is 13.3. The zero-order chi connectivity index (χ0) is 16.8. The third-order valence-corrected chi connectivity index (χ3v) is 3.90. The van der Waals surface area contributed by atoms with E-state index in [4.69, 9.17) is 4.74 Å². The number of nitrogens with one attached hydrogen (secondary N) is 2. The summed E-state index contributed by atoms with van der Waals surface area (Å²) in [5.74, 6) is 0.374. The predicted octanol–water partition coefficient (Wildman–Crippen LogP) is 1.41. The molecule has 0 bridgehead atoms. The molecule has 0 saturated carbocycles. The van der Waals surface area contributed by atoms with E-state index in [1.165, 1.54) is 6.07 Å². The van der Waals surface area contributed by atoms with Crippen LogP contribution in [0.4, 0.5) is 0 Å². The van der Waals surface area contributed by atoms with Gasteiger partial charge in [-0.15, -0.1) is 0 Å². The Balaban J connectivity index is 1.61. The number of amides is 1. The quantitative estimate of drug-likeness (QED) is 0.865. The molecule has 7 heteroatoms. The summed E-state index contributed by atoms with van der Waals surface area (Å²) in [5.41, 5.74) is 1.03. The molecule has 3 heterocycles. The average Bonchev–Trinajstić information content (AvgIpc) is 2.61. The molecule has 2 N–H and O–H groups in total. The number of ether oxygens (including phenoxy) is 1. The number of hydrogen-bond acceptors (Lipinski definition) is 5. The minimum atomic E-state index is -0.253. The van der Waals surface area contributed by atoms with Gasteiger partial charge in [0.2, 0.25) is 5.91 Å². The summed E-state index contributed by atoms with van der Waals surface area (Å²) in [5, 5.41) is 2.81. The Morgan fingerprint density at radius 1 is 1.33 bits per heavy atom. The fourth-order valence-electron chi connectivity index (χ4n) is 2.68. The van der Waals surface area contributed by atoms with Crippen molar-refractivity contribution in [2.75, 3.05) is 6.61 Å². The molecular weight excluding hydrogens is 308 g/mol. The summed E-state index contributed by atoms with van der Waals surface area (Å²) in [6.45, 7) is 0.941. The summed E-state index contributed by atoms with van der Waals surface area (Å²) in [6, 6.07) is 4.92. The second-order valence-corrected chi connectivity index (χ2v) is 5.79. The highest BCUT2D eigenvalue weighted by molar-refractivity contribution is 5.76. The monoisotopic (exact) mass is 328 g/mol. The van der Waals surface area contributed by atoms with Crippen LogP contribution in [0.2, 0.25) is 0 Å². The summed E-state index contributed by atoms with van der Waals surface area (Å²) in [4.78, 5) is 34.8. The molecule has 0 aromatic carbocycles. The number of pyridine rings is 1. The van der Waals surface area contributed by atoms with Gasteiger partial charge in [0.25, 0.3) is 5.56 Å². The molecule has 2 aromatic rings. The van der Waals surface area contributed by atoms with E-state index in [-0.39, 0.29) is 24.1 Å². The second-order valence-electron chi connectivity index (χ2n) is 5.79. The Labute approximate surface area is 139 Å². The molecule has 2 aromatic heterocycles. The molecule has 3 rings (SSSR count). The van der Waals surface area contributed by atoms with Crippen molar-refractivity contribution in [1.29, 1.82) is 0 Å². The number of H-pyrrole nitrogens is 1. The number of carbonyl (C=O) groups excluding carboxylic acids is 1. The van der Waals surface area contributed by atoms with E-state index in [0.29, 0.717) is 17.9 Å². The van der Waals surface area contributed by atoms with Crippen LogP contribution < -0.4 is 10.9 Å². The normalized spacial score (nSPS) is 17.4. The van der Waals surface area contributed by atoms with Gasteiger partial charge in [0, 0.05) is 30.6 Å². The first-order valence-corrected chi connectivity index (χ1v) is 8.09. The molecule has 126 valence electrons.